The number of aliphatic imine (C=N–C) groups is 1. The summed E-state index contributed by atoms with van der Waals surface area (Å²) in [4.78, 5) is 4.27. The van der Waals surface area contributed by atoms with Gasteiger partial charge in [-0.05, 0) is 43.2 Å². The van der Waals surface area contributed by atoms with Crippen molar-refractivity contribution >= 4 is 46.7 Å². The van der Waals surface area contributed by atoms with E-state index < -0.39 is 0 Å². The van der Waals surface area contributed by atoms with Crippen LogP contribution in [0.1, 0.15) is 16.7 Å². The van der Waals surface area contributed by atoms with Crippen LogP contribution in [0.4, 0.5) is 5.69 Å². The molecular weight excluding hydrogens is 317 g/mol. The number of phenolic OH excluding ortho intramolecular Hbond substituents is 1. The van der Waals surface area contributed by atoms with E-state index >= 15 is 0 Å². The fraction of sp³-hybridized carbons (Fsp3) is 0.133. The van der Waals surface area contributed by atoms with E-state index in [1.165, 1.54) is 6.21 Å². The maximum absolute atomic E-state index is 9.99. The number of halogens is 3. The molecule has 104 valence electrons. The molecule has 2 aromatic carbocycles. The first-order valence-electron chi connectivity index (χ1n) is 5.88. The number of aryl methyl sites for hydroxylation is 1. The quantitative estimate of drug-likeness (QED) is 0.703. The molecule has 0 aliphatic rings. The lowest BCUT2D eigenvalue weighted by atomic mass is 10.0. The molecule has 0 aromatic heterocycles. The first-order chi connectivity index (χ1) is 9.41. The SMILES string of the molecule is Cc1cc(O)c(C=Nc2cccc(Cl)c2Cl)c(C)c1Cl. The molecular formula is C15H12Cl3NO. The summed E-state index contributed by atoms with van der Waals surface area (Å²) in [6.07, 6.45) is 1.54. The Hall–Kier alpha value is -1.22. The average molecular weight is 329 g/mol. The van der Waals surface area contributed by atoms with Crippen LogP contribution in [0, 0.1) is 13.8 Å². The highest BCUT2D eigenvalue weighted by atomic mass is 35.5. The van der Waals surface area contributed by atoms with Crippen LogP contribution in [0.2, 0.25) is 15.1 Å². The van der Waals surface area contributed by atoms with Crippen LogP contribution < -0.4 is 0 Å². The van der Waals surface area contributed by atoms with Crippen molar-refractivity contribution in [1.82, 2.24) is 0 Å². The lowest BCUT2D eigenvalue weighted by molar-refractivity contribution is 0.473. The Morgan fingerprint density at radius 1 is 1.10 bits per heavy atom. The van der Waals surface area contributed by atoms with Gasteiger partial charge >= 0.3 is 0 Å². The van der Waals surface area contributed by atoms with Crippen molar-refractivity contribution in [3.63, 3.8) is 0 Å². The first kappa shape index (κ1) is 15.2. The normalized spacial score (nSPS) is 11.2. The fourth-order valence-electron chi connectivity index (χ4n) is 1.84. The summed E-state index contributed by atoms with van der Waals surface area (Å²) in [6.45, 7) is 3.67. The second kappa shape index (κ2) is 6.04. The van der Waals surface area contributed by atoms with Gasteiger partial charge in [0.1, 0.15) is 5.75 Å². The number of hydrogen-bond acceptors (Lipinski definition) is 2. The summed E-state index contributed by atoms with van der Waals surface area (Å²) in [7, 11) is 0. The Balaban J connectivity index is 2.47. The molecule has 2 aromatic rings. The Kier molecular flexibility index (Phi) is 4.59. The van der Waals surface area contributed by atoms with Crippen LogP contribution in [0.25, 0.3) is 0 Å². The molecule has 5 heteroatoms. The molecule has 1 N–H and O–H groups in total. The van der Waals surface area contributed by atoms with E-state index in [0.717, 1.165) is 11.1 Å². The van der Waals surface area contributed by atoms with Crippen molar-refractivity contribution in [1.29, 1.82) is 0 Å². The van der Waals surface area contributed by atoms with Gasteiger partial charge in [0.15, 0.2) is 0 Å². The molecule has 0 saturated carbocycles. The highest BCUT2D eigenvalue weighted by Gasteiger charge is 2.10. The topological polar surface area (TPSA) is 32.6 Å². The van der Waals surface area contributed by atoms with Crippen molar-refractivity contribution < 1.29 is 5.11 Å². The Bertz CT molecular complexity index is 696. The minimum absolute atomic E-state index is 0.131. The molecule has 0 bridgehead atoms. The maximum atomic E-state index is 9.99. The third kappa shape index (κ3) is 2.93. The summed E-state index contributed by atoms with van der Waals surface area (Å²) in [5, 5.41) is 11.4. The molecule has 2 rings (SSSR count). The number of aromatic hydroxyl groups is 1. The van der Waals surface area contributed by atoms with E-state index in [2.05, 4.69) is 4.99 Å². The van der Waals surface area contributed by atoms with Crippen molar-refractivity contribution in [2.45, 2.75) is 13.8 Å². The zero-order valence-electron chi connectivity index (χ0n) is 10.9. The van der Waals surface area contributed by atoms with Crippen LogP contribution in [-0.4, -0.2) is 11.3 Å². The lowest BCUT2D eigenvalue weighted by Gasteiger charge is -2.09. The third-order valence-electron chi connectivity index (χ3n) is 2.97. The summed E-state index contributed by atoms with van der Waals surface area (Å²) in [5.41, 5.74) is 2.69. The summed E-state index contributed by atoms with van der Waals surface area (Å²) in [6, 6.07) is 6.80. The smallest absolute Gasteiger partial charge is 0.124 e. The molecule has 0 spiro atoms. The largest absolute Gasteiger partial charge is 0.507 e. The molecule has 0 aliphatic heterocycles. The monoisotopic (exact) mass is 327 g/mol. The molecule has 0 amide bonds. The highest BCUT2D eigenvalue weighted by Crippen LogP contribution is 2.33. The average Bonchev–Trinajstić information content (AvgIpc) is 2.40. The molecule has 0 fully saturated rings. The Morgan fingerprint density at radius 3 is 2.50 bits per heavy atom. The fourth-order valence-corrected chi connectivity index (χ4v) is 2.34. The Labute approximate surface area is 132 Å². The zero-order chi connectivity index (χ0) is 14.9. The third-order valence-corrected chi connectivity index (χ3v) is 4.36. The summed E-state index contributed by atoms with van der Waals surface area (Å²) < 4.78 is 0. The van der Waals surface area contributed by atoms with E-state index in [9.17, 15) is 5.11 Å². The molecule has 20 heavy (non-hydrogen) atoms. The van der Waals surface area contributed by atoms with Crippen LogP contribution in [0.3, 0.4) is 0 Å². The molecule has 0 aliphatic carbocycles. The predicted molar refractivity (Wildman–Crippen MR) is 86.3 cm³/mol. The van der Waals surface area contributed by atoms with Crippen molar-refractivity contribution in [3.05, 3.63) is 56.0 Å². The first-order valence-corrected chi connectivity index (χ1v) is 7.02. The van der Waals surface area contributed by atoms with Crippen molar-refractivity contribution in [2.75, 3.05) is 0 Å². The summed E-state index contributed by atoms with van der Waals surface area (Å²) >= 11 is 18.2. The molecule has 0 atom stereocenters. The Morgan fingerprint density at radius 2 is 1.80 bits per heavy atom. The van der Waals surface area contributed by atoms with Gasteiger partial charge < -0.3 is 5.11 Å². The second-order valence-corrected chi connectivity index (χ2v) is 5.56. The predicted octanol–water partition coefficient (Wildman–Crippen LogP) is 5.72. The van der Waals surface area contributed by atoms with E-state index in [1.54, 1.807) is 24.3 Å². The molecule has 0 radical (unpaired) electrons. The van der Waals surface area contributed by atoms with Gasteiger partial charge in [0.2, 0.25) is 0 Å². The second-order valence-electron chi connectivity index (χ2n) is 4.40. The van der Waals surface area contributed by atoms with Gasteiger partial charge in [-0.2, -0.15) is 0 Å². The van der Waals surface area contributed by atoms with E-state index in [4.69, 9.17) is 34.8 Å². The van der Waals surface area contributed by atoms with Gasteiger partial charge in [-0.15, -0.1) is 0 Å². The van der Waals surface area contributed by atoms with Gasteiger partial charge in [0, 0.05) is 16.8 Å². The molecule has 0 heterocycles. The standard InChI is InChI=1S/C15H12Cl3NO/c1-8-6-13(20)10(9(2)14(8)17)7-19-12-5-3-4-11(16)15(12)18/h3-7,20H,1-2H3. The van der Waals surface area contributed by atoms with Crippen molar-refractivity contribution in [2.24, 2.45) is 4.99 Å². The number of benzene rings is 2. The summed E-state index contributed by atoms with van der Waals surface area (Å²) in [5.74, 6) is 0.131. The maximum Gasteiger partial charge on any atom is 0.124 e. The molecule has 2 nitrogen and oxygen atoms in total. The molecule has 0 saturated heterocycles. The number of rotatable bonds is 2. The van der Waals surface area contributed by atoms with E-state index in [1.807, 2.05) is 13.8 Å². The zero-order valence-corrected chi connectivity index (χ0v) is 13.2. The number of nitrogens with zero attached hydrogens (tertiary/aromatic N) is 1. The van der Waals surface area contributed by atoms with E-state index in [0.29, 0.717) is 26.3 Å². The van der Waals surface area contributed by atoms with Gasteiger partial charge in [-0.3, -0.25) is 4.99 Å². The lowest BCUT2D eigenvalue weighted by Crippen LogP contribution is -1.92. The minimum atomic E-state index is 0.131. The highest BCUT2D eigenvalue weighted by molar-refractivity contribution is 6.43. The van der Waals surface area contributed by atoms with Gasteiger partial charge in [-0.25, -0.2) is 0 Å². The minimum Gasteiger partial charge on any atom is -0.507 e. The van der Waals surface area contributed by atoms with Gasteiger partial charge in [0.05, 0.1) is 15.7 Å². The van der Waals surface area contributed by atoms with Crippen LogP contribution >= 0.6 is 34.8 Å². The number of hydrogen-bond donors (Lipinski definition) is 1. The molecule has 0 unspecified atom stereocenters. The van der Waals surface area contributed by atoms with Crippen LogP contribution in [0.5, 0.6) is 5.75 Å². The van der Waals surface area contributed by atoms with Crippen LogP contribution in [0.15, 0.2) is 29.3 Å². The van der Waals surface area contributed by atoms with E-state index in [-0.39, 0.29) is 5.75 Å². The van der Waals surface area contributed by atoms with Crippen molar-refractivity contribution in [3.8, 4) is 5.75 Å². The van der Waals surface area contributed by atoms with Crippen LogP contribution in [-0.2, 0) is 0 Å². The van der Waals surface area contributed by atoms with Gasteiger partial charge in [0.25, 0.3) is 0 Å². The van der Waals surface area contributed by atoms with Gasteiger partial charge in [-0.1, -0.05) is 40.9 Å². The number of phenols is 1.